The topological polar surface area (TPSA) is 18.5 Å². The van der Waals surface area contributed by atoms with E-state index < -0.39 is 0 Å². The van der Waals surface area contributed by atoms with E-state index in [0.29, 0.717) is 12.0 Å². The Morgan fingerprint density at radius 1 is 1.20 bits per heavy atom. The van der Waals surface area contributed by atoms with E-state index in [4.69, 9.17) is 21.1 Å². The van der Waals surface area contributed by atoms with Crippen LogP contribution in [0.15, 0.2) is 0 Å². The second kappa shape index (κ2) is 8.37. The standard InChI is InChI=1S/C12H23ClO2/c1-14-8-9-15-7-3-5-11-4-2-6-12(13)10-11/h11-12H,2-10H2,1H3. The molecule has 15 heavy (non-hydrogen) atoms. The summed E-state index contributed by atoms with van der Waals surface area (Å²) in [6.07, 6.45) is 7.53. The largest absolute Gasteiger partial charge is 0.382 e. The van der Waals surface area contributed by atoms with Crippen molar-refractivity contribution in [2.45, 2.75) is 43.9 Å². The Kier molecular flexibility index (Phi) is 7.41. The number of alkyl halides is 1. The molecule has 0 aromatic rings. The molecule has 0 heterocycles. The summed E-state index contributed by atoms with van der Waals surface area (Å²) >= 11 is 6.14. The van der Waals surface area contributed by atoms with Gasteiger partial charge in [0.2, 0.25) is 0 Å². The summed E-state index contributed by atoms with van der Waals surface area (Å²) in [6.45, 7) is 2.29. The maximum Gasteiger partial charge on any atom is 0.0700 e. The molecule has 1 saturated carbocycles. The lowest BCUT2D eigenvalue weighted by molar-refractivity contribution is 0.0665. The molecule has 0 aromatic carbocycles. The van der Waals surface area contributed by atoms with Gasteiger partial charge in [-0.15, -0.1) is 11.6 Å². The Morgan fingerprint density at radius 2 is 2.07 bits per heavy atom. The summed E-state index contributed by atoms with van der Waals surface area (Å²) in [5.74, 6) is 0.840. The van der Waals surface area contributed by atoms with Gasteiger partial charge >= 0.3 is 0 Å². The lowest BCUT2D eigenvalue weighted by Crippen LogP contribution is -2.16. The molecular formula is C12H23ClO2. The van der Waals surface area contributed by atoms with Crippen molar-refractivity contribution in [3.63, 3.8) is 0 Å². The molecule has 2 nitrogen and oxygen atoms in total. The lowest BCUT2D eigenvalue weighted by Gasteiger charge is -2.25. The van der Waals surface area contributed by atoms with Crippen LogP contribution < -0.4 is 0 Å². The molecular weight excluding hydrogens is 212 g/mol. The summed E-state index contributed by atoms with van der Waals surface area (Å²) in [5, 5.41) is 0.429. The molecule has 90 valence electrons. The van der Waals surface area contributed by atoms with Crippen molar-refractivity contribution in [3.05, 3.63) is 0 Å². The molecule has 0 aromatic heterocycles. The van der Waals surface area contributed by atoms with Crippen molar-refractivity contribution in [2.24, 2.45) is 5.92 Å². The molecule has 1 aliphatic carbocycles. The fourth-order valence-electron chi connectivity index (χ4n) is 2.21. The molecule has 1 aliphatic rings. The van der Waals surface area contributed by atoms with Crippen molar-refractivity contribution in [3.8, 4) is 0 Å². The van der Waals surface area contributed by atoms with E-state index in [-0.39, 0.29) is 0 Å². The minimum Gasteiger partial charge on any atom is -0.382 e. The molecule has 1 rings (SSSR count). The van der Waals surface area contributed by atoms with Crippen LogP contribution in [-0.2, 0) is 9.47 Å². The number of hydrogen-bond acceptors (Lipinski definition) is 2. The quantitative estimate of drug-likeness (QED) is 0.498. The van der Waals surface area contributed by atoms with Crippen LogP contribution in [0.4, 0.5) is 0 Å². The van der Waals surface area contributed by atoms with Gasteiger partial charge in [-0.05, 0) is 31.6 Å². The van der Waals surface area contributed by atoms with Crippen LogP contribution in [0.25, 0.3) is 0 Å². The first-order chi connectivity index (χ1) is 7.33. The fourth-order valence-corrected chi connectivity index (χ4v) is 2.61. The third-order valence-corrected chi connectivity index (χ3v) is 3.45. The summed E-state index contributed by atoms with van der Waals surface area (Å²) < 4.78 is 10.3. The van der Waals surface area contributed by atoms with Gasteiger partial charge in [0.25, 0.3) is 0 Å². The molecule has 0 bridgehead atoms. The second-order valence-electron chi connectivity index (χ2n) is 4.38. The van der Waals surface area contributed by atoms with Crippen LogP contribution >= 0.6 is 11.6 Å². The van der Waals surface area contributed by atoms with E-state index in [1.54, 1.807) is 7.11 Å². The van der Waals surface area contributed by atoms with Gasteiger partial charge in [0.05, 0.1) is 13.2 Å². The Balaban J connectivity index is 1.90. The van der Waals surface area contributed by atoms with E-state index in [9.17, 15) is 0 Å². The van der Waals surface area contributed by atoms with Gasteiger partial charge in [-0.3, -0.25) is 0 Å². The maximum atomic E-state index is 6.14. The summed E-state index contributed by atoms with van der Waals surface area (Å²) in [4.78, 5) is 0. The zero-order valence-electron chi connectivity index (χ0n) is 9.71. The van der Waals surface area contributed by atoms with Crippen molar-refractivity contribution in [2.75, 3.05) is 26.9 Å². The molecule has 0 saturated heterocycles. The highest BCUT2D eigenvalue weighted by Gasteiger charge is 2.19. The van der Waals surface area contributed by atoms with Gasteiger partial charge in [0, 0.05) is 19.1 Å². The smallest absolute Gasteiger partial charge is 0.0700 e. The predicted octanol–water partition coefficient (Wildman–Crippen LogP) is 3.23. The number of ether oxygens (including phenoxy) is 2. The molecule has 2 atom stereocenters. The molecule has 0 amide bonds. The first-order valence-electron chi connectivity index (χ1n) is 6.03. The van der Waals surface area contributed by atoms with Gasteiger partial charge < -0.3 is 9.47 Å². The minimum atomic E-state index is 0.429. The Hall–Kier alpha value is 0.210. The van der Waals surface area contributed by atoms with E-state index >= 15 is 0 Å². The van der Waals surface area contributed by atoms with Crippen molar-refractivity contribution in [1.82, 2.24) is 0 Å². The molecule has 3 heteroatoms. The van der Waals surface area contributed by atoms with E-state index in [1.807, 2.05) is 0 Å². The third kappa shape index (κ3) is 6.39. The Morgan fingerprint density at radius 3 is 2.80 bits per heavy atom. The highest BCUT2D eigenvalue weighted by molar-refractivity contribution is 6.20. The van der Waals surface area contributed by atoms with E-state index in [2.05, 4.69) is 0 Å². The molecule has 1 fully saturated rings. The van der Waals surface area contributed by atoms with Crippen LogP contribution in [0.2, 0.25) is 0 Å². The summed E-state index contributed by atoms with van der Waals surface area (Å²) in [7, 11) is 1.70. The average molecular weight is 235 g/mol. The van der Waals surface area contributed by atoms with E-state index in [1.165, 1.54) is 32.1 Å². The summed E-state index contributed by atoms with van der Waals surface area (Å²) in [5.41, 5.74) is 0. The first-order valence-corrected chi connectivity index (χ1v) is 6.47. The van der Waals surface area contributed by atoms with Crippen LogP contribution in [0.5, 0.6) is 0 Å². The highest BCUT2D eigenvalue weighted by atomic mass is 35.5. The minimum absolute atomic E-state index is 0.429. The van der Waals surface area contributed by atoms with Crippen LogP contribution in [0, 0.1) is 5.92 Å². The molecule has 0 aliphatic heterocycles. The number of halogens is 1. The Bertz CT molecular complexity index is 153. The van der Waals surface area contributed by atoms with Gasteiger partial charge in [-0.1, -0.05) is 12.8 Å². The molecule has 0 radical (unpaired) electrons. The van der Waals surface area contributed by atoms with E-state index in [0.717, 1.165) is 25.6 Å². The zero-order chi connectivity index (χ0) is 10.9. The lowest BCUT2D eigenvalue weighted by atomic mass is 9.86. The molecule has 0 N–H and O–H groups in total. The van der Waals surface area contributed by atoms with Crippen molar-refractivity contribution in [1.29, 1.82) is 0 Å². The molecule has 0 spiro atoms. The maximum absolute atomic E-state index is 6.14. The van der Waals surface area contributed by atoms with Crippen LogP contribution in [-0.4, -0.2) is 32.3 Å². The SMILES string of the molecule is COCCOCCCC1CCCC(Cl)C1. The number of methoxy groups -OCH3 is 1. The number of hydrogen-bond donors (Lipinski definition) is 0. The van der Waals surface area contributed by atoms with Crippen molar-refractivity contribution >= 4 is 11.6 Å². The van der Waals surface area contributed by atoms with Crippen LogP contribution in [0.1, 0.15) is 38.5 Å². The third-order valence-electron chi connectivity index (χ3n) is 3.05. The second-order valence-corrected chi connectivity index (χ2v) is 4.99. The van der Waals surface area contributed by atoms with Gasteiger partial charge in [-0.2, -0.15) is 0 Å². The summed E-state index contributed by atoms with van der Waals surface area (Å²) in [6, 6.07) is 0. The van der Waals surface area contributed by atoms with Gasteiger partial charge in [-0.25, -0.2) is 0 Å². The Labute approximate surface area is 98.3 Å². The van der Waals surface area contributed by atoms with Gasteiger partial charge in [0.1, 0.15) is 0 Å². The van der Waals surface area contributed by atoms with Crippen molar-refractivity contribution < 1.29 is 9.47 Å². The van der Waals surface area contributed by atoms with Gasteiger partial charge in [0.15, 0.2) is 0 Å². The highest BCUT2D eigenvalue weighted by Crippen LogP contribution is 2.30. The monoisotopic (exact) mass is 234 g/mol. The first kappa shape index (κ1) is 13.3. The normalized spacial score (nSPS) is 26.8. The predicted molar refractivity (Wildman–Crippen MR) is 63.5 cm³/mol. The average Bonchev–Trinajstić information content (AvgIpc) is 2.23. The zero-order valence-corrected chi connectivity index (χ0v) is 10.5. The molecule has 2 unspecified atom stereocenters. The number of rotatable bonds is 7. The fraction of sp³-hybridized carbons (Fsp3) is 1.00. The van der Waals surface area contributed by atoms with Crippen LogP contribution in [0.3, 0.4) is 0 Å².